The van der Waals surface area contributed by atoms with E-state index in [0.29, 0.717) is 16.8 Å². The Morgan fingerprint density at radius 3 is 1.57 bits per heavy atom. The number of nitrogens with zero attached hydrogens (tertiary/aromatic N) is 2. The van der Waals surface area contributed by atoms with E-state index in [-0.39, 0.29) is 0 Å². The summed E-state index contributed by atoms with van der Waals surface area (Å²) in [6.07, 6.45) is 3.90. The molecule has 0 heterocycles. The van der Waals surface area contributed by atoms with E-state index < -0.39 is 0 Å². The standard InChI is InChI=1S/C51H25N3/c52-25-27-17-28(26-53)19-32(18-27)47-44-24-41-40(38-13-5-11-36-34-9-3-1-7-29(34)21-42(41)48(36)38)23-43(44)46(31-15-16-33(54)20-31)51-45-22-30-8-2-4-10-35(30)37-12-6-14-39(49(37)45)50(47)51/h1-14,16-24H,54H2. The SMILES string of the molecule is N#Cc1cc(C#N)cc(-c2c3cc4c(cc3c(C3=C=CC(N)=C3)c3c5cc6ccccc6c6cccc(c23)c65)c2cccc3c5ccccc5cc4c32)c1. The summed E-state index contributed by atoms with van der Waals surface area (Å²) in [5, 5.41) is 41.6. The van der Waals surface area contributed by atoms with Gasteiger partial charge in [-0.3, -0.25) is 0 Å². The quantitative estimate of drug-likeness (QED) is 0.146. The maximum atomic E-state index is 10.2. The van der Waals surface area contributed by atoms with E-state index in [1.807, 2.05) is 24.3 Å². The first-order chi connectivity index (χ1) is 26.6. The van der Waals surface area contributed by atoms with Crippen LogP contribution in [0.15, 0.2) is 151 Å². The zero-order chi connectivity index (χ0) is 35.8. The van der Waals surface area contributed by atoms with Crippen molar-refractivity contribution in [3.8, 4) is 23.3 Å². The third-order valence-electron chi connectivity index (χ3n) is 11.8. The molecule has 0 spiro atoms. The summed E-state index contributed by atoms with van der Waals surface area (Å²) in [4.78, 5) is 0. The van der Waals surface area contributed by atoms with Gasteiger partial charge in [-0.15, -0.1) is 5.73 Å². The molecule has 1 aliphatic rings. The van der Waals surface area contributed by atoms with Crippen LogP contribution in [0, 0.1) is 22.7 Å². The highest BCUT2D eigenvalue weighted by Gasteiger charge is 2.27. The van der Waals surface area contributed by atoms with Gasteiger partial charge in [0.25, 0.3) is 0 Å². The van der Waals surface area contributed by atoms with Gasteiger partial charge in [0.05, 0.1) is 23.3 Å². The van der Waals surface area contributed by atoms with Gasteiger partial charge in [0, 0.05) is 22.9 Å². The molecule has 0 bridgehead atoms. The zero-order valence-corrected chi connectivity index (χ0v) is 28.8. The van der Waals surface area contributed by atoms with Crippen molar-refractivity contribution in [2.24, 2.45) is 5.73 Å². The summed E-state index contributed by atoms with van der Waals surface area (Å²) in [5.41, 5.74) is 15.5. The van der Waals surface area contributed by atoms with Gasteiger partial charge >= 0.3 is 0 Å². The van der Waals surface area contributed by atoms with Crippen molar-refractivity contribution >= 4 is 103 Å². The Bertz CT molecular complexity index is 3700. The van der Waals surface area contributed by atoms with E-state index in [1.54, 1.807) is 6.07 Å². The molecular weight excluding hydrogens is 655 g/mol. The Balaban J connectivity index is 1.41. The molecule has 0 unspecified atom stereocenters. The maximum absolute atomic E-state index is 10.2. The lowest BCUT2D eigenvalue weighted by Gasteiger charge is -2.17. The van der Waals surface area contributed by atoms with Crippen LogP contribution < -0.4 is 5.73 Å². The Labute approximate surface area is 308 Å². The number of allylic oxidation sites excluding steroid dienone is 2. The van der Waals surface area contributed by atoms with Gasteiger partial charge in [-0.05, 0) is 157 Å². The van der Waals surface area contributed by atoms with Crippen molar-refractivity contribution in [2.75, 3.05) is 0 Å². The van der Waals surface area contributed by atoms with Crippen molar-refractivity contribution < 1.29 is 0 Å². The lowest BCUT2D eigenvalue weighted by Crippen LogP contribution is -1.94. The molecule has 0 amide bonds. The molecule has 244 valence electrons. The molecule has 0 atom stereocenters. The van der Waals surface area contributed by atoms with Crippen molar-refractivity contribution in [3.05, 3.63) is 168 Å². The number of hydrogen-bond donors (Lipinski definition) is 1. The predicted molar refractivity (Wildman–Crippen MR) is 225 cm³/mol. The molecule has 1 aliphatic carbocycles. The third-order valence-corrected chi connectivity index (χ3v) is 11.8. The molecule has 11 aromatic carbocycles. The van der Waals surface area contributed by atoms with E-state index in [9.17, 15) is 10.5 Å². The normalized spacial score (nSPS) is 13.1. The highest BCUT2D eigenvalue weighted by Crippen LogP contribution is 2.53. The number of nitrogens with two attached hydrogens (primary N) is 1. The van der Waals surface area contributed by atoms with Gasteiger partial charge in [-0.1, -0.05) is 84.9 Å². The lowest BCUT2D eigenvalue weighted by molar-refractivity contribution is 1.45. The van der Waals surface area contributed by atoms with E-state index in [0.717, 1.165) is 54.6 Å². The number of rotatable bonds is 2. The minimum absolute atomic E-state index is 0.455. The van der Waals surface area contributed by atoms with Crippen LogP contribution in [0.5, 0.6) is 0 Å². The third kappa shape index (κ3) is 3.63. The molecule has 11 aromatic rings. The molecule has 3 nitrogen and oxygen atoms in total. The first-order valence-corrected chi connectivity index (χ1v) is 18.1. The van der Waals surface area contributed by atoms with Gasteiger partial charge < -0.3 is 5.73 Å². The van der Waals surface area contributed by atoms with E-state index in [1.165, 1.54) is 64.6 Å². The first kappa shape index (κ1) is 29.0. The topological polar surface area (TPSA) is 73.6 Å². The fourth-order valence-electron chi connectivity index (χ4n) is 9.72. The Morgan fingerprint density at radius 2 is 0.944 bits per heavy atom. The lowest BCUT2D eigenvalue weighted by atomic mass is 9.85. The van der Waals surface area contributed by atoms with E-state index >= 15 is 0 Å². The minimum Gasteiger partial charge on any atom is -0.398 e. The fraction of sp³-hybridized carbons (Fsp3) is 0. The van der Waals surface area contributed by atoms with Crippen LogP contribution in [0.4, 0.5) is 0 Å². The van der Waals surface area contributed by atoms with Crippen LogP contribution in [-0.2, 0) is 0 Å². The molecule has 0 aromatic heterocycles. The van der Waals surface area contributed by atoms with Crippen LogP contribution in [0.25, 0.3) is 114 Å². The molecule has 0 fully saturated rings. The van der Waals surface area contributed by atoms with Crippen LogP contribution >= 0.6 is 0 Å². The monoisotopic (exact) mass is 679 g/mol. The molecule has 12 rings (SSSR count). The maximum Gasteiger partial charge on any atom is 0.0992 e. The molecule has 3 heteroatoms. The van der Waals surface area contributed by atoms with Crippen molar-refractivity contribution in [1.29, 1.82) is 10.5 Å². The van der Waals surface area contributed by atoms with Gasteiger partial charge in [0.1, 0.15) is 0 Å². The minimum atomic E-state index is 0.455. The Hall–Kier alpha value is -7.68. The molecule has 0 saturated heterocycles. The number of nitriles is 2. The largest absolute Gasteiger partial charge is 0.398 e. The fourth-order valence-corrected chi connectivity index (χ4v) is 9.72. The summed E-state index contributed by atoms with van der Waals surface area (Å²) < 4.78 is 0. The Morgan fingerprint density at radius 1 is 0.426 bits per heavy atom. The van der Waals surface area contributed by atoms with Gasteiger partial charge in [0.2, 0.25) is 0 Å². The van der Waals surface area contributed by atoms with Crippen LogP contribution in [0.3, 0.4) is 0 Å². The highest BCUT2D eigenvalue weighted by molar-refractivity contribution is 6.43. The van der Waals surface area contributed by atoms with Gasteiger partial charge in [-0.2, -0.15) is 10.5 Å². The Kier molecular flexibility index (Phi) is 5.48. The summed E-state index contributed by atoms with van der Waals surface area (Å²) in [6.45, 7) is 0. The molecule has 0 saturated carbocycles. The number of fused-ring (bicyclic) bond motifs is 11. The molecular formula is C51H25N3. The highest BCUT2D eigenvalue weighted by atomic mass is 14.6. The van der Waals surface area contributed by atoms with E-state index in [2.05, 4.69) is 127 Å². The van der Waals surface area contributed by atoms with Crippen molar-refractivity contribution in [2.45, 2.75) is 0 Å². The number of benzene rings is 9. The average Bonchev–Trinajstić information content (AvgIpc) is 3.89. The van der Waals surface area contributed by atoms with Crippen molar-refractivity contribution in [1.82, 2.24) is 0 Å². The van der Waals surface area contributed by atoms with Crippen LogP contribution in [0.1, 0.15) is 16.7 Å². The van der Waals surface area contributed by atoms with Crippen LogP contribution in [0.2, 0.25) is 0 Å². The predicted octanol–water partition coefficient (Wildman–Crippen LogP) is 12.7. The summed E-state index contributed by atoms with van der Waals surface area (Å²) in [5.74, 6) is 0. The van der Waals surface area contributed by atoms with Crippen LogP contribution in [-0.4, -0.2) is 0 Å². The van der Waals surface area contributed by atoms with Crippen molar-refractivity contribution in [3.63, 3.8) is 0 Å². The average molecular weight is 680 g/mol. The van der Waals surface area contributed by atoms with Gasteiger partial charge in [-0.25, -0.2) is 0 Å². The van der Waals surface area contributed by atoms with Gasteiger partial charge in [0.15, 0.2) is 0 Å². The molecule has 0 aliphatic heterocycles. The summed E-state index contributed by atoms with van der Waals surface area (Å²) in [7, 11) is 0. The second-order valence-electron chi connectivity index (χ2n) is 14.6. The van der Waals surface area contributed by atoms with E-state index in [4.69, 9.17) is 5.73 Å². The molecule has 54 heavy (non-hydrogen) atoms. The molecule has 0 radical (unpaired) electrons. The second-order valence-corrected chi connectivity index (χ2v) is 14.6. The summed E-state index contributed by atoms with van der Waals surface area (Å²) >= 11 is 0. The smallest absolute Gasteiger partial charge is 0.0992 e. The second kappa shape index (κ2) is 10.2. The zero-order valence-electron chi connectivity index (χ0n) is 28.8. The number of hydrogen-bond acceptors (Lipinski definition) is 3. The first-order valence-electron chi connectivity index (χ1n) is 18.1. The molecule has 2 N–H and O–H groups in total. The summed E-state index contributed by atoms with van der Waals surface area (Å²) in [6, 6.07) is 50.1.